The van der Waals surface area contributed by atoms with Crippen LogP contribution in [0.4, 0.5) is 11.5 Å². The Hall–Kier alpha value is -3.81. The van der Waals surface area contributed by atoms with Crippen LogP contribution in [0.1, 0.15) is 12.8 Å². The number of pyridine rings is 1. The smallest absolute Gasteiger partial charge is 0.223 e. The summed E-state index contributed by atoms with van der Waals surface area (Å²) in [4.78, 5) is 30.2. The number of ether oxygens (including phenoxy) is 1. The summed E-state index contributed by atoms with van der Waals surface area (Å²) in [5.74, 6) is 0.763. The summed E-state index contributed by atoms with van der Waals surface area (Å²) in [6.07, 6.45) is 4.03. The van der Waals surface area contributed by atoms with Gasteiger partial charge in [0.15, 0.2) is 5.82 Å². The topological polar surface area (TPSA) is 119 Å². The quantitative estimate of drug-likeness (QED) is 0.517. The maximum atomic E-state index is 12.2. The van der Waals surface area contributed by atoms with Crippen molar-refractivity contribution in [2.24, 2.45) is 0 Å². The number of hydrogen-bond acceptors (Lipinski definition) is 9. The number of carbonyl (C=O) groups is 1. The Morgan fingerprint density at radius 1 is 1.17 bits per heavy atom. The molecular weight excluding hydrogens is 456 g/mol. The first-order chi connectivity index (χ1) is 17.7. The first-order valence-corrected chi connectivity index (χ1v) is 12.4. The molecule has 10 heteroatoms. The highest BCUT2D eigenvalue weighted by molar-refractivity contribution is 5.88. The summed E-state index contributed by atoms with van der Waals surface area (Å²) in [6.45, 7) is 5.92. The second-order valence-electron chi connectivity index (χ2n) is 8.93. The van der Waals surface area contributed by atoms with Gasteiger partial charge in [0, 0.05) is 82.3 Å². The van der Waals surface area contributed by atoms with Gasteiger partial charge in [0.2, 0.25) is 5.91 Å². The summed E-state index contributed by atoms with van der Waals surface area (Å²) in [7, 11) is 0. The minimum absolute atomic E-state index is 0.0627. The molecular formula is C26H30N8O2. The Morgan fingerprint density at radius 2 is 1.97 bits per heavy atom. The lowest BCUT2D eigenvalue weighted by Crippen LogP contribution is -2.48. The van der Waals surface area contributed by atoms with Gasteiger partial charge in [-0.25, -0.2) is 9.97 Å². The number of hydrogen-bond donors (Lipinski definition) is 2. The van der Waals surface area contributed by atoms with E-state index < -0.39 is 0 Å². The van der Waals surface area contributed by atoms with Crippen LogP contribution in [0.2, 0.25) is 0 Å². The first-order valence-electron chi connectivity index (χ1n) is 12.4. The van der Waals surface area contributed by atoms with E-state index in [9.17, 15) is 4.79 Å². The van der Waals surface area contributed by atoms with Gasteiger partial charge in [0.25, 0.3) is 0 Å². The van der Waals surface area contributed by atoms with Crippen LogP contribution >= 0.6 is 0 Å². The predicted molar refractivity (Wildman–Crippen MR) is 138 cm³/mol. The SMILES string of the molecule is N#CCCC(=O)N1CCN(c2ccc(-c3cc4nccnc4c(NC[C@@H]4CNCCO4)n3)cc2)CC1. The van der Waals surface area contributed by atoms with E-state index in [1.807, 2.05) is 17.0 Å². The fourth-order valence-corrected chi connectivity index (χ4v) is 4.58. The lowest BCUT2D eigenvalue weighted by atomic mass is 10.1. The van der Waals surface area contributed by atoms with Crippen LogP contribution in [0.15, 0.2) is 42.7 Å². The number of carbonyl (C=O) groups excluding carboxylic acids is 1. The molecule has 2 N–H and O–H groups in total. The average molecular weight is 487 g/mol. The van der Waals surface area contributed by atoms with E-state index in [1.54, 1.807) is 12.4 Å². The van der Waals surface area contributed by atoms with Crippen LogP contribution in [0.3, 0.4) is 0 Å². The van der Waals surface area contributed by atoms with E-state index in [2.05, 4.69) is 49.8 Å². The highest BCUT2D eigenvalue weighted by Gasteiger charge is 2.21. The standard InChI is InChI=1S/C26H30N8O2/c27-7-1-2-24(35)34-13-11-33(12-14-34)20-5-3-19(4-6-20)22-16-23-25(30-9-8-29-23)26(32-22)31-18-21-17-28-10-15-36-21/h3-6,8-9,16,21,28H,1-2,10-15,17-18H2,(H,31,32)/t21-/m0/s1. The summed E-state index contributed by atoms with van der Waals surface area (Å²) >= 11 is 0. The van der Waals surface area contributed by atoms with Crippen molar-refractivity contribution in [1.82, 2.24) is 25.2 Å². The molecule has 2 aliphatic heterocycles. The molecule has 10 nitrogen and oxygen atoms in total. The second kappa shape index (κ2) is 11.3. The van der Waals surface area contributed by atoms with Gasteiger partial charge in [0.1, 0.15) is 5.52 Å². The highest BCUT2D eigenvalue weighted by atomic mass is 16.5. The van der Waals surface area contributed by atoms with Crippen molar-refractivity contribution in [2.75, 3.05) is 62.6 Å². The average Bonchev–Trinajstić information content (AvgIpc) is 2.95. The molecule has 1 atom stereocenters. The molecule has 0 unspecified atom stereocenters. The van der Waals surface area contributed by atoms with E-state index >= 15 is 0 Å². The minimum Gasteiger partial charge on any atom is -0.374 e. The molecule has 0 radical (unpaired) electrons. The van der Waals surface area contributed by atoms with Crippen molar-refractivity contribution in [3.05, 3.63) is 42.7 Å². The summed E-state index contributed by atoms with van der Waals surface area (Å²) in [5, 5.41) is 15.5. The zero-order chi connectivity index (χ0) is 24.7. The van der Waals surface area contributed by atoms with Crippen molar-refractivity contribution in [2.45, 2.75) is 18.9 Å². The number of morpholine rings is 1. The summed E-state index contributed by atoms with van der Waals surface area (Å²) in [6, 6.07) is 12.3. The molecule has 1 aromatic carbocycles. The van der Waals surface area contributed by atoms with Crippen molar-refractivity contribution in [3.8, 4) is 17.3 Å². The van der Waals surface area contributed by atoms with Gasteiger partial charge >= 0.3 is 0 Å². The summed E-state index contributed by atoms with van der Waals surface area (Å²) < 4.78 is 5.81. The van der Waals surface area contributed by atoms with E-state index in [1.165, 1.54) is 0 Å². The predicted octanol–water partition coefficient (Wildman–Crippen LogP) is 2.04. The lowest BCUT2D eigenvalue weighted by molar-refractivity contribution is -0.131. The van der Waals surface area contributed by atoms with Crippen LogP contribution < -0.4 is 15.5 Å². The summed E-state index contributed by atoms with van der Waals surface area (Å²) in [5.41, 5.74) is 4.46. The third-order valence-corrected chi connectivity index (χ3v) is 6.57. The monoisotopic (exact) mass is 486 g/mol. The number of nitriles is 1. The largest absolute Gasteiger partial charge is 0.374 e. The molecule has 0 saturated carbocycles. The van der Waals surface area contributed by atoms with E-state index in [0.29, 0.717) is 38.5 Å². The number of amides is 1. The third-order valence-electron chi connectivity index (χ3n) is 6.57. The highest BCUT2D eigenvalue weighted by Crippen LogP contribution is 2.27. The molecule has 36 heavy (non-hydrogen) atoms. The lowest BCUT2D eigenvalue weighted by Gasteiger charge is -2.36. The number of nitrogens with zero attached hydrogens (tertiary/aromatic N) is 6. The van der Waals surface area contributed by atoms with Crippen molar-refractivity contribution in [3.63, 3.8) is 0 Å². The molecule has 0 bridgehead atoms. The van der Waals surface area contributed by atoms with Crippen LogP contribution in [0.25, 0.3) is 22.3 Å². The molecule has 4 heterocycles. The molecule has 3 aromatic rings. The number of piperazine rings is 1. The van der Waals surface area contributed by atoms with Crippen LogP contribution in [0, 0.1) is 11.3 Å². The van der Waals surface area contributed by atoms with Crippen molar-refractivity contribution < 1.29 is 9.53 Å². The fraction of sp³-hybridized carbons (Fsp3) is 0.423. The molecule has 1 amide bonds. The maximum absolute atomic E-state index is 12.2. The molecule has 2 aliphatic rings. The maximum Gasteiger partial charge on any atom is 0.223 e. The number of anilines is 2. The van der Waals surface area contributed by atoms with Crippen LogP contribution in [-0.2, 0) is 9.53 Å². The van der Waals surface area contributed by atoms with Crippen LogP contribution in [-0.4, -0.2) is 84.3 Å². The number of nitrogens with one attached hydrogen (secondary N) is 2. The Labute approximate surface area is 210 Å². The number of fused-ring (bicyclic) bond motifs is 1. The van der Waals surface area contributed by atoms with Gasteiger partial charge in [-0.15, -0.1) is 0 Å². The van der Waals surface area contributed by atoms with Gasteiger partial charge in [-0.05, 0) is 18.2 Å². The van der Waals surface area contributed by atoms with Crippen LogP contribution in [0.5, 0.6) is 0 Å². The van der Waals surface area contributed by atoms with Gasteiger partial charge < -0.3 is 25.2 Å². The van der Waals surface area contributed by atoms with Crippen molar-refractivity contribution in [1.29, 1.82) is 5.26 Å². The van der Waals surface area contributed by atoms with Gasteiger partial charge in [-0.1, -0.05) is 12.1 Å². The van der Waals surface area contributed by atoms with Gasteiger partial charge in [-0.2, -0.15) is 5.26 Å². The van der Waals surface area contributed by atoms with Gasteiger partial charge in [-0.3, -0.25) is 9.78 Å². The molecule has 2 fully saturated rings. The molecule has 186 valence electrons. The minimum atomic E-state index is 0.0627. The van der Waals surface area contributed by atoms with E-state index in [4.69, 9.17) is 15.0 Å². The Kier molecular flexibility index (Phi) is 7.50. The Morgan fingerprint density at radius 3 is 2.72 bits per heavy atom. The van der Waals surface area contributed by atoms with E-state index in [0.717, 1.165) is 54.2 Å². The zero-order valence-electron chi connectivity index (χ0n) is 20.2. The molecule has 5 rings (SSSR count). The van der Waals surface area contributed by atoms with Crippen molar-refractivity contribution >= 4 is 28.4 Å². The second-order valence-corrected chi connectivity index (χ2v) is 8.93. The Bertz CT molecular complexity index is 1230. The van der Waals surface area contributed by atoms with E-state index in [-0.39, 0.29) is 18.4 Å². The normalized spacial score (nSPS) is 18.1. The first kappa shape index (κ1) is 23.9. The Balaban J connectivity index is 1.28. The third kappa shape index (κ3) is 5.53. The van der Waals surface area contributed by atoms with Gasteiger partial charge in [0.05, 0.1) is 30.0 Å². The number of rotatable bonds is 7. The molecule has 0 spiro atoms. The number of aromatic nitrogens is 3. The number of benzene rings is 1. The fourth-order valence-electron chi connectivity index (χ4n) is 4.58. The molecule has 2 saturated heterocycles. The molecule has 2 aromatic heterocycles. The molecule has 0 aliphatic carbocycles. The zero-order valence-corrected chi connectivity index (χ0v) is 20.2.